The second kappa shape index (κ2) is 10.9. The van der Waals surface area contributed by atoms with Crippen LogP contribution in [-0.4, -0.2) is 24.1 Å². The Balaban J connectivity index is 1.20. The molecule has 0 fully saturated rings. The van der Waals surface area contributed by atoms with Gasteiger partial charge in [-0.2, -0.15) is 9.97 Å². The van der Waals surface area contributed by atoms with Crippen LogP contribution in [0.3, 0.4) is 0 Å². The first-order chi connectivity index (χ1) is 25.3. The van der Waals surface area contributed by atoms with Crippen LogP contribution in [0.2, 0.25) is 0 Å². The van der Waals surface area contributed by atoms with Crippen molar-refractivity contribution < 1.29 is 0 Å². The van der Waals surface area contributed by atoms with Gasteiger partial charge in [0.2, 0.25) is 5.95 Å². The van der Waals surface area contributed by atoms with E-state index in [0.717, 1.165) is 38.4 Å². The molecule has 7 aromatic carbocycles. The molecule has 0 spiro atoms. The van der Waals surface area contributed by atoms with E-state index >= 15 is 0 Å². The van der Waals surface area contributed by atoms with Gasteiger partial charge in [-0.3, -0.25) is 4.57 Å². The zero-order chi connectivity index (χ0) is 33.5. The summed E-state index contributed by atoms with van der Waals surface area (Å²) in [7, 11) is 0. The van der Waals surface area contributed by atoms with Crippen LogP contribution in [0.5, 0.6) is 0 Å². The molecule has 0 bridgehead atoms. The summed E-state index contributed by atoms with van der Waals surface area (Å²) in [6, 6.07) is 57.8. The second-order valence-corrected chi connectivity index (χ2v) is 13.9. The third-order valence-corrected chi connectivity index (χ3v) is 11.2. The van der Waals surface area contributed by atoms with Gasteiger partial charge in [-0.25, -0.2) is 4.98 Å². The van der Waals surface area contributed by atoms with Crippen molar-refractivity contribution in [2.24, 2.45) is 0 Å². The summed E-state index contributed by atoms with van der Waals surface area (Å²) >= 11 is 1.85. The Labute approximate surface area is 296 Å². The van der Waals surface area contributed by atoms with E-state index in [4.69, 9.17) is 15.0 Å². The number of aromatic nitrogens is 5. The highest BCUT2D eigenvalue weighted by Crippen LogP contribution is 2.41. The van der Waals surface area contributed by atoms with E-state index < -0.39 is 0 Å². The van der Waals surface area contributed by atoms with Gasteiger partial charge in [0, 0.05) is 48.1 Å². The molecule has 0 saturated heterocycles. The molecule has 5 nitrogen and oxygen atoms in total. The average molecular weight is 670 g/mol. The monoisotopic (exact) mass is 669 g/mol. The quantitative estimate of drug-likeness (QED) is 0.187. The lowest BCUT2D eigenvalue weighted by atomic mass is 10.1. The maximum Gasteiger partial charge on any atom is 0.238 e. The molecule has 6 heteroatoms. The van der Waals surface area contributed by atoms with Gasteiger partial charge < -0.3 is 4.57 Å². The molecular weight excluding hydrogens is 643 g/mol. The van der Waals surface area contributed by atoms with Crippen molar-refractivity contribution in [1.29, 1.82) is 0 Å². The van der Waals surface area contributed by atoms with E-state index in [9.17, 15) is 0 Å². The Morgan fingerprint density at radius 1 is 0.373 bits per heavy atom. The molecule has 0 aliphatic rings. The van der Waals surface area contributed by atoms with Crippen molar-refractivity contribution in [3.63, 3.8) is 0 Å². The van der Waals surface area contributed by atoms with Gasteiger partial charge in [-0.1, -0.05) is 127 Å². The number of benzene rings is 7. The number of rotatable bonds is 4. The van der Waals surface area contributed by atoms with E-state index in [1.165, 1.54) is 42.1 Å². The van der Waals surface area contributed by atoms with Crippen LogP contribution < -0.4 is 0 Å². The van der Waals surface area contributed by atoms with E-state index in [2.05, 4.69) is 155 Å². The zero-order valence-corrected chi connectivity index (χ0v) is 28.0. The summed E-state index contributed by atoms with van der Waals surface area (Å²) in [5.74, 6) is 1.85. The van der Waals surface area contributed by atoms with Crippen LogP contribution in [0, 0.1) is 0 Å². The molecule has 0 atom stereocenters. The van der Waals surface area contributed by atoms with E-state index in [1.54, 1.807) is 0 Å². The van der Waals surface area contributed by atoms with Crippen LogP contribution in [0.25, 0.3) is 98.2 Å². The molecule has 238 valence electrons. The standard InChI is InChI=1S/C45H27N5S/c1-2-13-28(14-3-1)43-46-44(48-45(47-43)50-37-21-9-5-15-30(37)31-16-6-10-22-38(31)50)29-25-26-33-32-17-4-8-20-36(32)49(40(33)27-29)39-23-12-19-35-34-18-7-11-24-41(34)51-42(35)39/h1-27H. The Morgan fingerprint density at radius 2 is 0.922 bits per heavy atom. The van der Waals surface area contributed by atoms with Gasteiger partial charge in [0.25, 0.3) is 0 Å². The van der Waals surface area contributed by atoms with E-state index in [0.29, 0.717) is 17.6 Å². The molecular formula is C45H27N5S. The van der Waals surface area contributed by atoms with Gasteiger partial charge >= 0.3 is 0 Å². The molecule has 0 radical (unpaired) electrons. The number of hydrogen-bond acceptors (Lipinski definition) is 4. The average Bonchev–Trinajstić information content (AvgIpc) is 3.86. The largest absolute Gasteiger partial charge is 0.308 e. The molecule has 0 saturated carbocycles. The number of hydrogen-bond donors (Lipinski definition) is 0. The fourth-order valence-electron chi connectivity index (χ4n) is 7.73. The molecule has 0 N–H and O–H groups in total. The molecule has 0 aliphatic carbocycles. The van der Waals surface area contributed by atoms with Crippen molar-refractivity contribution in [3.8, 4) is 34.4 Å². The minimum absolute atomic E-state index is 0.590. The highest BCUT2D eigenvalue weighted by molar-refractivity contribution is 7.26. The highest BCUT2D eigenvalue weighted by atomic mass is 32.1. The van der Waals surface area contributed by atoms with E-state index in [-0.39, 0.29) is 0 Å². The third-order valence-electron chi connectivity index (χ3n) is 9.99. The maximum absolute atomic E-state index is 5.25. The van der Waals surface area contributed by atoms with Crippen LogP contribution >= 0.6 is 11.3 Å². The van der Waals surface area contributed by atoms with Crippen LogP contribution in [0.15, 0.2) is 164 Å². The molecule has 0 aliphatic heterocycles. The molecule has 51 heavy (non-hydrogen) atoms. The van der Waals surface area contributed by atoms with Gasteiger partial charge in [0.1, 0.15) is 0 Å². The first-order valence-electron chi connectivity index (χ1n) is 17.0. The van der Waals surface area contributed by atoms with Crippen LogP contribution in [-0.2, 0) is 0 Å². The van der Waals surface area contributed by atoms with Crippen molar-refractivity contribution in [2.45, 2.75) is 0 Å². The van der Waals surface area contributed by atoms with Crippen molar-refractivity contribution >= 4 is 75.1 Å². The first kappa shape index (κ1) is 28.2. The van der Waals surface area contributed by atoms with Crippen molar-refractivity contribution in [3.05, 3.63) is 164 Å². The Kier molecular flexibility index (Phi) is 6.05. The molecule has 11 rings (SSSR count). The number of thiophene rings is 1. The SMILES string of the molecule is c1ccc(-c2nc(-c3ccc4c5ccccc5n(-c5cccc6c5sc5ccccc56)c4c3)nc(-n3c4ccccc4c4ccccc43)n2)cc1. The number of nitrogens with zero attached hydrogens (tertiary/aromatic N) is 5. The lowest BCUT2D eigenvalue weighted by Gasteiger charge is -2.12. The third kappa shape index (κ3) is 4.24. The Bertz CT molecular complexity index is 3100. The van der Waals surface area contributed by atoms with Crippen molar-refractivity contribution in [2.75, 3.05) is 0 Å². The number of fused-ring (bicyclic) bond motifs is 9. The Hall–Kier alpha value is -6.63. The predicted octanol–water partition coefficient (Wildman–Crippen LogP) is 11.8. The molecule has 11 aromatic rings. The summed E-state index contributed by atoms with van der Waals surface area (Å²) < 4.78 is 7.14. The summed E-state index contributed by atoms with van der Waals surface area (Å²) in [4.78, 5) is 15.5. The maximum atomic E-state index is 5.25. The minimum atomic E-state index is 0.590. The summed E-state index contributed by atoms with van der Waals surface area (Å²) in [6.07, 6.45) is 0. The zero-order valence-electron chi connectivity index (χ0n) is 27.2. The summed E-state index contributed by atoms with van der Waals surface area (Å²) in [5, 5.41) is 7.29. The van der Waals surface area contributed by atoms with Crippen LogP contribution in [0.4, 0.5) is 0 Å². The predicted molar refractivity (Wildman–Crippen MR) is 212 cm³/mol. The summed E-state index contributed by atoms with van der Waals surface area (Å²) in [5.41, 5.74) is 7.43. The van der Waals surface area contributed by atoms with Gasteiger partial charge in [0.05, 0.1) is 32.5 Å². The fourth-order valence-corrected chi connectivity index (χ4v) is 8.93. The fraction of sp³-hybridized carbons (Fsp3) is 0. The lowest BCUT2D eigenvalue weighted by Crippen LogP contribution is -2.06. The topological polar surface area (TPSA) is 48.5 Å². The first-order valence-corrected chi connectivity index (χ1v) is 17.9. The molecule has 4 aromatic heterocycles. The minimum Gasteiger partial charge on any atom is -0.308 e. The van der Waals surface area contributed by atoms with Crippen molar-refractivity contribution in [1.82, 2.24) is 24.1 Å². The molecule has 0 amide bonds. The van der Waals surface area contributed by atoms with Gasteiger partial charge in [-0.15, -0.1) is 11.3 Å². The lowest BCUT2D eigenvalue weighted by molar-refractivity contribution is 0.953. The van der Waals surface area contributed by atoms with Gasteiger partial charge in [-0.05, 0) is 36.4 Å². The normalized spacial score (nSPS) is 11.9. The summed E-state index contributed by atoms with van der Waals surface area (Å²) in [6.45, 7) is 0. The highest BCUT2D eigenvalue weighted by Gasteiger charge is 2.20. The molecule has 0 unspecified atom stereocenters. The van der Waals surface area contributed by atoms with Crippen LogP contribution in [0.1, 0.15) is 0 Å². The van der Waals surface area contributed by atoms with Gasteiger partial charge in [0.15, 0.2) is 11.6 Å². The Morgan fingerprint density at radius 3 is 1.63 bits per heavy atom. The second-order valence-electron chi connectivity index (χ2n) is 12.9. The number of para-hydroxylation sites is 3. The molecule has 4 heterocycles. The van der Waals surface area contributed by atoms with E-state index in [1.807, 2.05) is 29.5 Å². The smallest absolute Gasteiger partial charge is 0.238 e.